The van der Waals surface area contributed by atoms with E-state index in [9.17, 15) is 0 Å². The highest BCUT2D eigenvalue weighted by molar-refractivity contribution is 7.09. The first-order chi connectivity index (χ1) is 11.8. The average Bonchev–Trinajstić information content (AvgIpc) is 3.28. The topological polar surface area (TPSA) is 81.4 Å². The van der Waals surface area contributed by atoms with Crippen LogP contribution in [0.4, 0.5) is 11.6 Å². The molecular formula is C16H13N7S. The normalized spacial score (nSPS) is 10.7. The lowest BCUT2D eigenvalue weighted by Gasteiger charge is -2.07. The summed E-state index contributed by atoms with van der Waals surface area (Å²) >= 11 is 1.60. The zero-order chi connectivity index (χ0) is 16.4. The maximum absolute atomic E-state index is 4.52. The van der Waals surface area contributed by atoms with Gasteiger partial charge in [-0.15, -0.1) is 11.3 Å². The second-order valence-corrected chi connectivity index (χ2v) is 6.09. The second kappa shape index (κ2) is 6.17. The first kappa shape index (κ1) is 14.5. The van der Waals surface area contributed by atoms with Crippen LogP contribution in [0.25, 0.3) is 17.1 Å². The van der Waals surface area contributed by atoms with Crippen LogP contribution in [0.15, 0.2) is 54.6 Å². The van der Waals surface area contributed by atoms with E-state index in [1.54, 1.807) is 28.5 Å². The van der Waals surface area contributed by atoms with Crippen molar-refractivity contribution in [2.45, 2.75) is 6.92 Å². The summed E-state index contributed by atoms with van der Waals surface area (Å²) in [5.74, 6) is 0.534. The smallest absolute Gasteiger partial charge is 0.227 e. The van der Waals surface area contributed by atoms with E-state index in [-0.39, 0.29) is 0 Å². The van der Waals surface area contributed by atoms with Gasteiger partial charge in [0, 0.05) is 17.3 Å². The first-order valence-electron chi connectivity index (χ1n) is 7.25. The van der Waals surface area contributed by atoms with Crippen molar-refractivity contribution in [1.29, 1.82) is 0 Å². The Morgan fingerprint density at radius 1 is 1.04 bits per heavy atom. The van der Waals surface area contributed by atoms with E-state index in [0.717, 1.165) is 27.8 Å². The lowest BCUT2D eigenvalue weighted by molar-refractivity contribution is 0.879. The largest absolute Gasteiger partial charge is 0.324 e. The van der Waals surface area contributed by atoms with Crippen LogP contribution in [0.5, 0.6) is 0 Å². The van der Waals surface area contributed by atoms with Crippen LogP contribution in [-0.2, 0) is 0 Å². The third-order valence-corrected chi connectivity index (χ3v) is 4.12. The Kier molecular flexibility index (Phi) is 3.72. The van der Waals surface area contributed by atoms with Gasteiger partial charge in [0.25, 0.3) is 0 Å². The van der Waals surface area contributed by atoms with Crippen molar-refractivity contribution in [3.8, 4) is 17.1 Å². The Balaban J connectivity index is 1.55. The number of rotatable bonds is 4. The van der Waals surface area contributed by atoms with Crippen molar-refractivity contribution in [3.63, 3.8) is 0 Å². The maximum atomic E-state index is 4.52. The summed E-state index contributed by atoms with van der Waals surface area (Å²) in [6, 6.07) is 9.64. The molecule has 0 radical (unpaired) electrons. The van der Waals surface area contributed by atoms with Gasteiger partial charge in [-0.3, -0.25) is 0 Å². The molecule has 0 bridgehead atoms. The monoisotopic (exact) mass is 335 g/mol. The second-order valence-electron chi connectivity index (χ2n) is 5.03. The van der Waals surface area contributed by atoms with Crippen LogP contribution in [0, 0.1) is 6.92 Å². The minimum Gasteiger partial charge on any atom is -0.324 e. The number of thiazole rings is 1. The maximum Gasteiger partial charge on any atom is 0.227 e. The van der Waals surface area contributed by atoms with Crippen LogP contribution < -0.4 is 5.32 Å². The number of benzene rings is 1. The number of aryl methyl sites for hydroxylation is 1. The molecule has 0 unspecified atom stereocenters. The van der Waals surface area contributed by atoms with Crippen molar-refractivity contribution >= 4 is 23.0 Å². The molecule has 24 heavy (non-hydrogen) atoms. The Hall–Kier alpha value is -3.13. The van der Waals surface area contributed by atoms with Gasteiger partial charge in [0.15, 0.2) is 0 Å². The summed E-state index contributed by atoms with van der Waals surface area (Å²) in [4.78, 5) is 17.2. The zero-order valence-corrected chi connectivity index (χ0v) is 13.6. The minimum absolute atomic E-state index is 0.534. The van der Waals surface area contributed by atoms with Gasteiger partial charge >= 0.3 is 0 Å². The number of nitrogens with zero attached hydrogens (tertiary/aromatic N) is 6. The van der Waals surface area contributed by atoms with Crippen molar-refractivity contribution in [2.24, 2.45) is 0 Å². The van der Waals surface area contributed by atoms with Gasteiger partial charge in [-0.1, -0.05) is 0 Å². The molecule has 3 aromatic heterocycles. The van der Waals surface area contributed by atoms with Gasteiger partial charge in [-0.25, -0.2) is 24.6 Å². The van der Waals surface area contributed by atoms with E-state index >= 15 is 0 Å². The molecule has 0 saturated carbocycles. The average molecular weight is 335 g/mol. The van der Waals surface area contributed by atoms with Gasteiger partial charge in [-0.2, -0.15) is 5.10 Å². The van der Waals surface area contributed by atoms with Gasteiger partial charge in [0.2, 0.25) is 5.95 Å². The van der Waals surface area contributed by atoms with Gasteiger partial charge < -0.3 is 5.32 Å². The van der Waals surface area contributed by atoms with Crippen molar-refractivity contribution in [1.82, 2.24) is 29.7 Å². The minimum atomic E-state index is 0.534. The van der Waals surface area contributed by atoms with E-state index in [1.807, 2.05) is 42.6 Å². The van der Waals surface area contributed by atoms with E-state index in [1.165, 1.54) is 6.33 Å². The molecule has 1 aromatic carbocycles. The number of anilines is 2. The van der Waals surface area contributed by atoms with Crippen molar-refractivity contribution in [3.05, 3.63) is 59.6 Å². The molecule has 3 heterocycles. The number of hydrogen-bond donors (Lipinski definition) is 1. The van der Waals surface area contributed by atoms with Crippen LogP contribution in [0.2, 0.25) is 0 Å². The molecule has 4 rings (SSSR count). The van der Waals surface area contributed by atoms with E-state index in [4.69, 9.17) is 0 Å². The molecule has 0 fully saturated rings. The van der Waals surface area contributed by atoms with Crippen LogP contribution >= 0.6 is 11.3 Å². The molecule has 118 valence electrons. The molecule has 1 N–H and O–H groups in total. The summed E-state index contributed by atoms with van der Waals surface area (Å²) in [5, 5.41) is 10.3. The van der Waals surface area contributed by atoms with Crippen LogP contribution in [0.1, 0.15) is 5.01 Å². The van der Waals surface area contributed by atoms with Crippen molar-refractivity contribution < 1.29 is 0 Å². The first-order valence-corrected chi connectivity index (χ1v) is 8.13. The molecule has 0 amide bonds. The lowest BCUT2D eigenvalue weighted by Crippen LogP contribution is -1.99. The zero-order valence-electron chi connectivity index (χ0n) is 12.8. The Labute approximate surface area is 142 Å². The fraction of sp³-hybridized carbons (Fsp3) is 0.0625. The number of aromatic nitrogens is 6. The van der Waals surface area contributed by atoms with E-state index < -0.39 is 0 Å². The molecule has 0 atom stereocenters. The Bertz CT molecular complexity index is 945. The summed E-state index contributed by atoms with van der Waals surface area (Å²) in [5.41, 5.74) is 3.50. The molecule has 0 aliphatic carbocycles. The standard InChI is InChI=1S/C16H13N7S/c1-11-20-15(8-24-11)14-6-7-18-16(22-14)21-12-2-4-13(5-3-12)23-10-17-9-19-23/h2-10H,1H3,(H,18,21,22). The SMILES string of the molecule is Cc1nc(-c2ccnc(Nc3ccc(-n4cncn4)cc3)n2)cs1. The Morgan fingerprint density at radius 3 is 2.62 bits per heavy atom. The quantitative estimate of drug-likeness (QED) is 0.616. The predicted molar refractivity (Wildman–Crippen MR) is 92.5 cm³/mol. The predicted octanol–water partition coefficient (Wildman–Crippen LogP) is 3.23. The fourth-order valence-corrected chi connectivity index (χ4v) is 2.82. The highest BCUT2D eigenvalue weighted by Crippen LogP contribution is 2.21. The van der Waals surface area contributed by atoms with Gasteiger partial charge in [0.05, 0.1) is 16.4 Å². The molecular weight excluding hydrogens is 322 g/mol. The lowest BCUT2D eigenvalue weighted by atomic mass is 10.3. The van der Waals surface area contributed by atoms with Gasteiger partial charge in [-0.05, 0) is 37.3 Å². The van der Waals surface area contributed by atoms with Gasteiger partial charge in [0.1, 0.15) is 18.3 Å². The number of nitrogens with one attached hydrogen (secondary N) is 1. The molecule has 0 saturated heterocycles. The summed E-state index contributed by atoms with van der Waals surface area (Å²) in [6.07, 6.45) is 4.89. The molecule has 0 aliphatic heterocycles. The molecule has 7 nitrogen and oxygen atoms in total. The van der Waals surface area contributed by atoms with Crippen LogP contribution in [0.3, 0.4) is 0 Å². The highest BCUT2D eigenvalue weighted by atomic mass is 32.1. The summed E-state index contributed by atoms with van der Waals surface area (Å²) < 4.78 is 1.70. The highest BCUT2D eigenvalue weighted by Gasteiger charge is 2.06. The fourth-order valence-electron chi connectivity index (χ4n) is 2.21. The van der Waals surface area contributed by atoms with Crippen molar-refractivity contribution in [2.75, 3.05) is 5.32 Å². The third kappa shape index (κ3) is 2.99. The van der Waals surface area contributed by atoms with E-state index in [2.05, 4.69) is 30.4 Å². The molecule has 4 aromatic rings. The van der Waals surface area contributed by atoms with Crippen LogP contribution in [-0.4, -0.2) is 29.7 Å². The van der Waals surface area contributed by atoms with E-state index in [0.29, 0.717) is 5.95 Å². The molecule has 0 aliphatic rings. The Morgan fingerprint density at radius 2 is 1.92 bits per heavy atom. The summed E-state index contributed by atoms with van der Waals surface area (Å²) in [7, 11) is 0. The summed E-state index contributed by atoms with van der Waals surface area (Å²) in [6.45, 7) is 1.98. The molecule has 0 spiro atoms. The third-order valence-electron chi connectivity index (χ3n) is 3.34. The number of hydrogen-bond acceptors (Lipinski definition) is 7. The molecule has 8 heteroatoms.